The lowest BCUT2D eigenvalue weighted by Crippen LogP contribution is -2.46. The van der Waals surface area contributed by atoms with Crippen LogP contribution in [0.25, 0.3) is 11.4 Å². The van der Waals surface area contributed by atoms with E-state index in [1.54, 1.807) is 23.1 Å². The Kier molecular flexibility index (Phi) is 5.27. The fourth-order valence-electron chi connectivity index (χ4n) is 2.87. The average Bonchev–Trinajstić information content (AvgIpc) is 3.01. The van der Waals surface area contributed by atoms with Crippen LogP contribution in [0.4, 0.5) is 0 Å². The summed E-state index contributed by atoms with van der Waals surface area (Å²) in [4.78, 5) is 26.3. The first-order valence-corrected chi connectivity index (χ1v) is 8.21. The Morgan fingerprint density at radius 3 is 2.77 bits per heavy atom. The van der Waals surface area contributed by atoms with Crippen molar-refractivity contribution in [1.82, 2.24) is 14.6 Å². The molecule has 2 aromatic rings. The lowest BCUT2D eigenvalue weighted by atomic mass is 10.2. The predicted molar refractivity (Wildman–Crippen MR) is 91.3 cm³/mol. The van der Waals surface area contributed by atoms with Crippen LogP contribution in [-0.2, 0) is 16.1 Å². The van der Waals surface area contributed by atoms with Crippen LogP contribution in [0.2, 0.25) is 0 Å². The first-order valence-electron chi connectivity index (χ1n) is 8.21. The molecule has 0 aliphatic carbocycles. The lowest BCUT2D eigenvalue weighted by molar-refractivity contribution is -0.138. The van der Waals surface area contributed by atoms with Gasteiger partial charge in [-0.15, -0.1) is 0 Å². The summed E-state index contributed by atoms with van der Waals surface area (Å²) < 4.78 is 21.9. The SMILES string of the molecule is COc1ccc(-c2noc(=O)n2CC(=O)N2CCOC(C)C2)cc1OC. The van der Waals surface area contributed by atoms with Crippen molar-refractivity contribution in [3.05, 3.63) is 28.7 Å². The monoisotopic (exact) mass is 363 g/mol. The number of benzene rings is 1. The van der Waals surface area contributed by atoms with Gasteiger partial charge in [0.2, 0.25) is 5.91 Å². The van der Waals surface area contributed by atoms with Gasteiger partial charge in [-0.1, -0.05) is 5.16 Å². The largest absolute Gasteiger partial charge is 0.493 e. The van der Waals surface area contributed by atoms with Gasteiger partial charge < -0.3 is 19.1 Å². The Bertz CT molecular complexity index is 843. The molecule has 0 saturated carbocycles. The smallest absolute Gasteiger partial charge is 0.442 e. The number of nitrogens with zero attached hydrogens (tertiary/aromatic N) is 3. The summed E-state index contributed by atoms with van der Waals surface area (Å²) in [5.41, 5.74) is 0.580. The summed E-state index contributed by atoms with van der Waals surface area (Å²) in [6.07, 6.45) is -0.0304. The molecule has 1 atom stereocenters. The van der Waals surface area contributed by atoms with Crippen LogP contribution in [0.3, 0.4) is 0 Å². The number of hydrogen-bond acceptors (Lipinski definition) is 7. The minimum Gasteiger partial charge on any atom is -0.493 e. The van der Waals surface area contributed by atoms with Gasteiger partial charge in [0.15, 0.2) is 17.3 Å². The minimum atomic E-state index is -0.690. The fourth-order valence-corrected chi connectivity index (χ4v) is 2.87. The highest BCUT2D eigenvalue weighted by atomic mass is 16.5. The summed E-state index contributed by atoms with van der Waals surface area (Å²) in [7, 11) is 3.05. The van der Waals surface area contributed by atoms with Crippen LogP contribution in [0.1, 0.15) is 6.92 Å². The van der Waals surface area contributed by atoms with Gasteiger partial charge in [-0.05, 0) is 25.1 Å². The minimum absolute atomic E-state index is 0.0304. The molecule has 0 radical (unpaired) electrons. The number of rotatable bonds is 5. The molecule has 3 rings (SSSR count). The first kappa shape index (κ1) is 18.0. The summed E-state index contributed by atoms with van der Waals surface area (Å²) in [6, 6.07) is 5.09. The van der Waals surface area contributed by atoms with Gasteiger partial charge in [0.05, 0.1) is 26.9 Å². The maximum Gasteiger partial charge on any atom is 0.442 e. The summed E-state index contributed by atoms with van der Waals surface area (Å²) in [6.45, 7) is 3.21. The third-order valence-corrected chi connectivity index (χ3v) is 4.22. The van der Waals surface area contributed by atoms with Crippen molar-refractivity contribution in [2.24, 2.45) is 0 Å². The van der Waals surface area contributed by atoms with Crippen molar-refractivity contribution in [1.29, 1.82) is 0 Å². The molecular weight excluding hydrogens is 342 g/mol. The van der Waals surface area contributed by atoms with E-state index in [1.165, 1.54) is 18.8 Å². The fraction of sp³-hybridized carbons (Fsp3) is 0.471. The standard InChI is InChI=1S/C17H21N3O6/c1-11-9-19(6-7-25-11)15(21)10-20-16(18-26-17(20)22)12-4-5-13(23-2)14(8-12)24-3/h4-5,8,11H,6-7,9-10H2,1-3H3. The van der Waals surface area contributed by atoms with Crippen molar-refractivity contribution >= 4 is 5.91 Å². The van der Waals surface area contributed by atoms with Crippen LogP contribution < -0.4 is 15.2 Å². The second-order valence-corrected chi connectivity index (χ2v) is 5.95. The van der Waals surface area contributed by atoms with E-state index in [2.05, 4.69) is 5.16 Å². The molecule has 1 aromatic carbocycles. The van der Waals surface area contributed by atoms with E-state index >= 15 is 0 Å². The zero-order valence-electron chi connectivity index (χ0n) is 14.9. The Morgan fingerprint density at radius 2 is 2.08 bits per heavy atom. The topological polar surface area (TPSA) is 96.0 Å². The second kappa shape index (κ2) is 7.61. The van der Waals surface area contributed by atoms with E-state index in [9.17, 15) is 9.59 Å². The zero-order chi connectivity index (χ0) is 18.7. The number of methoxy groups -OCH3 is 2. The summed E-state index contributed by atoms with van der Waals surface area (Å²) in [5.74, 6) is 0.412. The third-order valence-electron chi connectivity index (χ3n) is 4.22. The van der Waals surface area contributed by atoms with Crippen molar-refractivity contribution < 1.29 is 23.5 Å². The van der Waals surface area contributed by atoms with E-state index in [0.717, 1.165) is 0 Å². The molecule has 2 heterocycles. The van der Waals surface area contributed by atoms with E-state index in [0.29, 0.717) is 36.8 Å². The van der Waals surface area contributed by atoms with Gasteiger partial charge in [-0.2, -0.15) is 0 Å². The Labute approximate surface area is 150 Å². The number of amides is 1. The Hall–Kier alpha value is -2.81. The number of ether oxygens (including phenoxy) is 3. The molecule has 1 fully saturated rings. The summed E-state index contributed by atoms with van der Waals surface area (Å²) >= 11 is 0. The summed E-state index contributed by atoms with van der Waals surface area (Å²) in [5, 5.41) is 3.81. The predicted octanol–water partition coefficient (Wildman–Crippen LogP) is 0.768. The molecule has 0 N–H and O–H groups in total. The molecule has 1 aromatic heterocycles. The highest BCUT2D eigenvalue weighted by Gasteiger charge is 2.24. The third kappa shape index (κ3) is 3.57. The van der Waals surface area contributed by atoms with Crippen molar-refractivity contribution in [2.75, 3.05) is 33.9 Å². The molecule has 1 aliphatic rings. The zero-order valence-corrected chi connectivity index (χ0v) is 14.9. The molecule has 26 heavy (non-hydrogen) atoms. The molecule has 9 heteroatoms. The molecule has 140 valence electrons. The van der Waals surface area contributed by atoms with Gasteiger partial charge in [-0.25, -0.2) is 9.36 Å². The number of carbonyl (C=O) groups excluding carboxylic acids is 1. The number of hydrogen-bond donors (Lipinski definition) is 0. The molecule has 9 nitrogen and oxygen atoms in total. The van der Waals surface area contributed by atoms with Gasteiger partial charge >= 0.3 is 5.76 Å². The van der Waals surface area contributed by atoms with Crippen molar-refractivity contribution in [3.63, 3.8) is 0 Å². The molecule has 1 amide bonds. The highest BCUT2D eigenvalue weighted by molar-refractivity contribution is 5.77. The van der Waals surface area contributed by atoms with Crippen LogP contribution in [-0.4, -0.2) is 60.6 Å². The maximum absolute atomic E-state index is 12.6. The van der Waals surface area contributed by atoms with Gasteiger partial charge in [0.1, 0.15) is 6.54 Å². The lowest BCUT2D eigenvalue weighted by Gasteiger charge is -2.31. The number of carbonyl (C=O) groups is 1. The maximum atomic E-state index is 12.6. The normalized spacial score (nSPS) is 17.2. The quantitative estimate of drug-likeness (QED) is 0.774. The number of morpholine rings is 1. The van der Waals surface area contributed by atoms with Crippen LogP contribution >= 0.6 is 0 Å². The Morgan fingerprint density at radius 1 is 1.31 bits per heavy atom. The van der Waals surface area contributed by atoms with E-state index in [4.69, 9.17) is 18.7 Å². The highest BCUT2D eigenvalue weighted by Crippen LogP contribution is 2.31. The van der Waals surface area contributed by atoms with Crippen LogP contribution in [0, 0.1) is 0 Å². The van der Waals surface area contributed by atoms with Crippen molar-refractivity contribution in [3.8, 4) is 22.9 Å². The van der Waals surface area contributed by atoms with Gasteiger partial charge in [0.25, 0.3) is 0 Å². The molecular formula is C17H21N3O6. The van der Waals surface area contributed by atoms with Crippen LogP contribution in [0.5, 0.6) is 11.5 Å². The average molecular weight is 363 g/mol. The van der Waals surface area contributed by atoms with E-state index in [1.807, 2.05) is 6.92 Å². The number of aromatic nitrogens is 2. The van der Waals surface area contributed by atoms with Gasteiger partial charge in [-0.3, -0.25) is 9.32 Å². The van der Waals surface area contributed by atoms with Crippen LogP contribution in [0.15, 0.2) is 27.5 Å². The van der Waals surface area contributed by atoms with E-state index < -0.39 is 5.76 Å². The molecule has 1 saturated heterocycles. The first-order chi connectivity index (χ1) is 12.5. The molecule has 1 aliphatic heterocycles. The molecule has 0 bridgehead atoms. The Balaban J connectivity index is 1.87. The van der Waals surface area contributed by atoms with E-state index in [-0.39, 0.29) is 24.4 Å². The van der Waals surface area contributed by atoms with Crippen molar-refractivity contribution in [2.45, 2.75) is 19.6 Å². The second-order valence-electron chi connectivity index (χ2n) is 5.95. The molecule has 0 spiro atoms. The molecule has 1 unspecified atom stereocenters. The van der Waals surface area contributed by atoms with Gasteiger partial charge in [0, 0.05) is 18.7 Å².